The lowest BCUT2D eigenvalue weighted by molar-refractivity contribution is -0.141. The van der Waals surface area contributed by atoms with E-state index in [1.54, 1.807) is 26.0 Å². The van der Waals surface area contributed by atoms with Crippen LogP contribution in [-0.4, -0.2) is 47.3 Å². The van der Waals surface area contributed by atoms with Crippen LogP contribution in [-0.2, 0) is 28.7 Å². The van der Waals surface area contributed by atoms with Crippen LogP contribution >= 0.6 is 0 Å². The van der Waals surface area contributed by atoms with Crippen LogP contribution in [0.15, 0.2) is 23.3 Å². The highest BCUT2D eigenvalue weighted by Gasteiger charge is 2.07. The molecule has 0 aromatic carbocycles. The van der Waals surface area contributed by atoms with Gasteiger partial charge in [-0.1, -0.05) is 12.2 Å². The fraction of sp³-hybridized carbons (Fsp3) is 0.600. The lowest BCUT2D eigenvalue weighted by Crippen LogP contribution is -2.10. The molecule has 158 valence electrons. The van der Waals surface area contributed by atoms with E-state index in [0.717, 1.165) is 0 Å². The first-order valence-electron chi connectivity index (χ1n) is 9.35. The number of unbranched alkanes of at least 4 members (excludes halogenated alkanes) is 3. The van der Waals surface area contributed by atoms with Crippen molar-refractivity contribution in [2.45, 2.75) is 65.2 Å². The number of carboxylic acids is 2. The molecule has 0 spiro atoms. The molecule has 0 unspecified atom stereocenters. The van der Waals surface area contributed by atoms with Gasteiger partial charge in [-0.15, -0.1) is 0 Å². The van der Waals surface area contributed by atoms with E-state index in [2.05, 4.69) is 0 Å². The lowest BCUT2D eigenvalue weighted by Gasteiger charge is -2.07. The third-order valence-electron chi connectivity index (χ3n) is 3.74. The average Bonchev–Trinajstić information content (AvgIpc) is 2.63. The molecule has 28 heavy (non-hydrogen) atoms. The summed E-state index contributed by atoms with van der Waals surface area (Å²) in [5, 5.41) is 17.1. The van der Waals surface area contributed by atoms with Crippen molar-refractivity contribution < 1.29 is 38.9 Å². The van der Waals surface area contributed by atoms with Crippen LogP contribution in [0.5, 0.6) is 0 Å². The summed E-state index contributed by atoms with van der Waals surface area (Å²) in [7, 11) is 0. The normalized spacial score (nSPS) is 11.8. The van der Waals surface area contributed by atoms with Crippen molar-refractivity contribution in [3.05, 3.63) is 23.3 Å². The molecule has 0 bridgehead atoms. The van der Waals surface area contributed by atoms with Crippen LogP contribution < -0.4 is 0 Å². The maximum atomic E-state index is 11.7. The second-order valence-electron chi connectivity index (χ2n) is 6.33. The zero-order valence-electron chi connectivity index (χ0n) is 16.6. The lowest BCUT2D eigenvalue weighted by atomic mass is 10.2. The Balaban J connectivity index is 3.84. The smallest absolute Gasteiger partial charge is 0.333 e. The zero-order valence-corrected chi connectivity index (χ0v) is 16.6. The molecule has 2 N–H and O–H groups in total. The number of carbonyl (C=O) groups is 4. The topological polar surface area (TPSA) is 127 Å². The quantitative estimate of drug-likeness (QED) is 0.244. The number of hydrogen-bond donors (Lipinski definition) is 2. The number of allylic oxidation sites excluding steroid dienone is 2. The predicted octanol–water partition coefficient (Wildman–Crippen LogP) is 3.26. The Labute approximate surface area is 165 Å². The summed E-state index contributed by atoms with van der Waals surface area (Å²) in [5.41, 5.74) is 0.890. The Kier molecular flexibility index (Phi) is 14.0. The molecule has 0 rings (SSSR count). The predicted molar refractivity (Wildman–Crippen MR) is 102 cm³/mol. The van der Waals surface area contributed by atoms with Crippen LogP contribution in [0, 0.1) is 0 Å². The van der Waals surface area contributed by atoms with Gasteiger partial charge in [-0.2, -0.15) is 0 Å². The Morgan fingerprint density at radius 3 is 1.36 bits per heavy atom. The standard InChI is InChI=1S/C20H30O8/c1-15(9-3-5-11-17(21)22)19(25)27-13-7-8-14-28-20(26)16(2)10-4-6-12-18(23)24/h9-10H,3-8,11-14H2,1-2H3,(H,21,22)(H,23,24). The highest BCUT2D eigenvalue weighted by molar-refractivity contribution is 5.88. The molecule has 0 aliphatic rings. The Morgan fingerprint density at radius 2 is 1.04 bits per heavy atom. The summed E-state index contributed by atoms with van der Waals surface area (Å²) in [4.78, 5) is 44.3. The van der Waals surface area contributed by atoms with Gasteiger partial charge in [-0.05, 0) is 52.4 Å². The second kappa shape index (κ2) is 15.4. The summed E-state index contributed by atoms with van der Waals surface area (Å²) < 4.78 is 10.2. The molecule has 0 amide bonds. The second-order valence-corrected chi connectivity index (χ2v) is 6.33. The molecular formula is C20H30O8. The highest BCUT2D eigenvalue weighted by Crippen LogP contribution is 2.06. The van der Waals surface area contributed by atoms with E-state index < -0.39 is 23.9 Å². The maximum Gasteiger partial charge on any atom is 0.333 e. The molecule has 0 saturated heterocycles. The van der Waals surface area contributed by atoms with Gasteiger partial charge < -0.3 is 19.7 Å². The molecular weight excluding hydrogens is 368 g/mol. The summed E-state index contributed by atoms with van der Waals surface area (Å²) in [5.74, 6) is -2.60. The van der Waals surface area contributed by atoms with Crippen molar-refractivity contribution in [2.24, 2.45) is 0 Å². The van der Waals surface area contributed by atoms with Gasteiger partial charge in [0.1, 0.15) is 0 Å². The average molecular weight is 398 g/mol. The number of rotatable bonds is 15. The summed E-state index contributed by atoms with van der Waals surface area (Å²) in [6.07, 6.45) is 6.51. The molecule has 0 aliphatic heterocycles. The zero-order chi connectivity index (χ0) is 21.4. The molecule has 0 aromatic heterocycles. The van der Waals surface area contributed by atoms with E-state index in [0.29, 0.717) is 49.7 Å². The fourth-order valence-electron chi connectivity index (χ4n) is 2.07. The van der Waals surface area contributed by atoms with E-state index in [-0.39, 0.29) is 26.1 Å². The molecule has 0 fully saturated rings. The maximum absolute atomic E-state index is 11.7. The van der Waals surface area contributed by atoms with Crippen molar-refractivity contribution in [2.75, 3.05) is 13.2 Å². The Bertz CT molecular complexity index is 537. The van der Waals surface area contributed by atoms with Gasteiger partial charge in [0.15, 0.2) is 0 Å². The molecule has 0 atom stereocenters. The molecule has 0 heterocycles. The first-order valence-corrected chi connectivity index (χ1v) is 9.35. The minimum atomic E-state index is -0.863. The molecule has 0 aliphatic carbocycles. The largest absolute Gasteiger partial charge is 0.481 e. The number of carboxylic acid groups (broad SMARTS) is 2. The van der Waals surface area contributed by atoms with Crippen molar-refractivity contribution in [1.82, 2.24) is 0 Å². The number of esters is 2. The summed E-state index contributed by atoms with van der Waals surface area (Å²) in [6, 6.07) is 0. The molecule has 8 nitrogen and oxygen atoms in total. The minimum Gasteiger partial charge on any atom is -0.481 e. The van der Waals surface area contributed by atoms with Gasteiger partial charge in [0, 0.05) is 24.0 Å². The van der Waals surface area contributed by atoms with Crippen LogP contribution in [0.25, 0.3) is 0 Å². The van der Waals surface area contributed by atoms with Crippen molar-refractivity contribution in [1.29, 1.82) is 0 Å². The van der Waals surface area contributed by atoms with E-state index in [1.165, 1.54) is 0 Å². The molecule has 8 heteroatoms. The van der Waals surface area contributed by atoms with Gasteiger partial charge in [0.25, 0.3) is 0 Å². The first kappa shape index (κ1) is 25.4. The van der Waals surface area contributed by atoms with Crippen LogP contribution in [0.2, 0.25) is 0 Å². The van der Waals surface area contributed by atoms with E-state index in [1.807, 2.05) is 0 Å². The third-order valence-corrected chi connectivity index (χ3v) is 3.74. The molecule has 0 aromatic rings. The van der Waals surface area contributed by atoms with E-state index >= 15 is 0 Å². The Hall–Kier alpha value is -2.64. The number of ether oxygens (including phenoxy) is 2. The fourth-order valence-corrected chi connectivity index (χ4v) is 2.07. The summed E-state index contributed by atoms with van der Waals surface area (Å²) in [6.45, 7) is 3.66. The van der Waals surface area contributed by atoms with E-state index in [9.17, 15) is 19.2 Å². The van der Waals surface area contributed by atoms with Crippen molar-refractivity contribution in [3.63, 3.8) is 0 Å². The highest BCUT2D eigenvalue weighted by atomic mass is 16.5. The molecule has 0 radical (unpaired) electrons. The van der Waals surface area contributed by atoms with Crippen LogP contribution in [0.3, 0.4) is 0 Å². The number of hydrogen-bond acceptors (Lipinski definition) is 6. The third kappa shape index (κ3) is 14.5. The molecule has 0 saturated carbocycles. The minimum absolute atomic E-state index is 0.0640. The van der Waals surface area contributed by atoms with E-state index in [4.69, 9.17) is 19.7 Å². The van der Waals surface area contributed by atoms with Crippen molar-refractivity contribution in [3.8, 4) is 0 Å². The van der Waals surface area contributed by atoms with Crippen molar-refractivity contribution >= 4 is 23.9 Å². The number of aliphatic carboxylic acids is 2. The number of carbonyl (C=O) groups excluding carboxylic acids is 2. The van der Waals surface area contributed by atoms with Gasteiger partial charge in [-0.3, -0.25) is 9.59 Å². The van der Waals surface area contributed by atoms with Gasteiger partial charge >= 0.3 is 23.9 Å². The first-order chi connectivity index (χ1) is 13.2. The van der Waals surface area contributed by atoms with Crippen LogP contribution in [0.1, 0.15) is 65.2 Å². The SMILES string of the molecule is CC(=CCCCC(=O)O)C(=O)OCCCCOC(=O)C(C)=CCCCC(=O)O. The summed E-state index contributed by atoms with van der Waals surface area (Å²) >= 11 is 0. The Morgan fingerprint density at radius 1 is 0.679 bits per heavy atom. The van der Waals surface area contributed by atoms with Gasteiger partial charge in [-0.25, -0.2) is 9.59 Å². The van der Waals surface area contributed by atoms with Gasteiger partial charge in [0.05, 0.1) is 13.2 Å². The van der Waals surface area contributed by atoms with Crippen LogP contribution in [0.4, 0.5) is 0 Å². The van der Waals surface area contributed by atoms with Gasteiger partial charge in [0.2, 0.25) is 0 Å². The monoisotopic (exact) mass is 398 g/mol.